The fourth-order valence-electron chi connectivity index (χ4n) is 3.57. The Balaban J connectivity index is 1.30. The van der Waals surface area contributed by atoms with E-state index < -0.39 is 5.91 Å². The second-order valence-corrected chi connectivity index (χ2v) is 7.04. The number of amides is 3. The number of nitrogens with one attached hydrogen (secondary N) is 2. The SMILES string of the molecule is Cc1c(C(=O)NNC(=O)C2CCN(C(=O)c3ccco3)CC2)oc2ccccc12. The molecule has 0 saturated carbocycles. The van der Waals surface area contributed by atoms with Crippen molar-refractivity contribution >= 4 is 28.7 Å². The number of fused-ring (bicyclic) bond motifs is 1. The van der Waals surface area contributed by atoms with Crippen molar-refractivity contribution in [1.82, 2.24) is 15.8 Å². The number of piperidine rings is 1. The van der Waals surface area contributed by atoms with Crippen molar-refractivity contribution in [3.05, 3.63) is 59.7 Å². The number of hydrogen-bond acceptors (Lipinski definition) is 5. The van der Waals surface area contributed by atoms with Gasteiger partial charge in [-0.3, -0.25) is 25.2 Å². The zero-order chi connectivity index (χ0) is 20.4. The lowest BCUT2D eigenvalue weighted by Gasteiger charge is -2.30. The van der Waals surface area contributed by atoms with Gasteiger partial charge < -0.3 is 13.7 Å². The lowest BCUT2D eigenvalue weighted by atomic mass is 9.96. The third-order valence-electron chi connectivity index (χ3n) is 5.23. The molecule has 1 saturated heterocycles. The van der Waals surface area contributed by atoms with Crippen molar-refractivity contribution in [2.24, 2.45) is 5.92 Å². The van der Waals surface area contributed by atoms with Crippen LogP contribution in [0, 0.1) is 12.8 Å². The summed E-state index contributed by atoms with van der Waals surface area (Å²) in [6.07, 6.45) is 2.48. The second kappa shape index (κ2) is 7.83. The van der Waals surface area contributed by atoms with Gasteiger partial charge in [0.2, 0.25) is 5.91 Å². The molecular weight excluding hydrogens is 374 g/mol. The number of carbonyl (C=O) groups excluding carboxylic acids is 3. The van der Waals surface area contributed by atoms with Crippen LogP contribution in [0.5, 0.6) is 0 Å². The zero-order valence-electron chi connectivity index (χ0n) is 15.9. The van der Waals surface area contributed by atoms with Gasteiger partial charge in [-0.05, 0) is 38.0 Å². The Hall–Kier alpha value is -3.55. The highest BCUT2D eigenvalue weighted by molar-refractivity contribution is 5.99. The standard InChI is InChI=1S/C21H21N3O5/c1-13-15-5-2-3-6-16(15)29-18(13)20(26)23-22-19(25)14-8-10-24(11-9-14)21(27)17-7-4-12-28-17/h2-7,12,14H,8-11H2,1H3,(H,22,25)(H,23,26). The van der Waals surface area contributed by atoms with Crippen LogP contribution in [-0.4, -0.2) is 35.7 Å². The Morgan fingerprint density at radius 3 is 2.48 bits per heavy atom. The van der Waals surface area contributed by atoms with Crippen molar-refractivity contribution < 1.29 is 23.2 Å². The summed E-state index contributed by atoms with van der Waals surface area (Å²) in [5.74, 6) is -0.781. The summed E-state index contributed by atoms with van der Waals surface area (Å²) >= 11 is 0. The minimum absolute atomic E-state index is 0.172. The minimum Gasteiger partial charge on any atom is -0.459 e. The maximum atomic E-state index is 12.4. The molecule has 2 aromatic heterocycles. The molecule has 8 nitrogen and oxygen atoms in total. The van der Waals surface area contributed by atoms with Gasteiger partial charge in [0.25, 0.3) is 5.91 Å². The topological polar surface area (TPSA) is 105 Å². The molecule has 1 aliphatic heterocycles. The smallest absolute Gasteiger partial charge is 0.305 e. The summed E-state index contributed by atoms with van der Waals surface area (Å²) < 4.78 is 10.7. The maximum Gasteiger partial charge on any atom is 0.305 e. The molecule has 150 valence electrons. The van der Waals surface area contributed by atoms with Gasteiger partial charge in [0, 0.05) is 30.0 Å². The van der Waals surface area contributed by atoms with Crippen LogP contribution in [0.4, 0.5) is 0 Å². The molecule has 0 bridgehead atoms. The Kier molecular flexibility index (Phi) is 5.07. The Bertz CT molecular complexity index is 1050. The average molecular weight is 395 g/mol. The molecule has 0 unspecified atom stereocenters. The van der Waals surface area contributed by atoms with E-state index in [1.165, 1.54) is 6.26 Å². The van der Waals surface area contributed by atoms with E-state index in [4.69, 9.17) is 8.83 Å². The highest BCUT2D eigenvalue weighted by atomic mass is 16.3. The van der Waals surface area contributed by atoms with Crippen molar-refractivity contribution in [2.75, 3.05) is 13.1 Å². The molecule has 3 heterocycles. The molecule has 3 aromatic rings. The first kappa shape index (κ1) is 18.8. The fraction of sp³-hybridized carbons (Fsp3) is 0.286. The molecule has 29 heavy (non-hydrogen) atoms. The number of furan rings is 2. The third-order valence-corrected chi connectivity index (χ3v) is 5.23. The highest BCUT2D eigenvalue weighted by Crippen LogP contribution is 2.24. The molecule has 0 atom stereocenters. The zero-order valence-corrected chi connectivity index (χ0v) is 15.9. The summed E-state index contributed by atoms with van der Waals surface area (Å²) in [5.41, 5.74) is 6.24. The molecule has 1 aliphatic rings. The van der Waals surface area contributed by atoms with E-state index in [1.54, 1.807) is 30.0 Å². The van der Waals surface area contributed by atoms with E-state index in [1.807, 2.05) is 18.2 Å². The largest absolute Gasteiger partial charge is 0.459 e. The van der Waals surface area contributed by atoms with E-state index in [9.17, 15) is 14.4 Å². The fourth-order valence-corrected chi connectivity index (χ4v) is 3.57. The molecule has 4 rings (SSSR count). The number of para-hydroxylation sites is 1. The third kappa shape index (κ3) is 3.73. The van der Waals surface area contributed by atoms with Gasteiger partial charge in [-0.1, -0.05) is 18.2 Å². The Morgan fingerprint density at radius 1 is 1.03 bits per heavy atom. The Morgan fingerprint density at radius 2 is 1.79 bits per heavy atom. The number of carbonyl (C=O) groups is 3. The summed E-state index contributed by atoms with van der Waals surface area (Å²) in [5, 5.41) is 0.859. The van der Waals surface area contributed by atoms with Gasteiger partial charge in [-0.25, -0.2) is 0 Å². The van der Waals surface area contributed by atoms with Crippen molar-refractivity contribution in [3.63, 3.8) is 0 Å². The molecule has 3 amide bonds. The predicted octanol–water partition coefficient (Wildman–Crippen LogP) is 2.65. The average Bonchev–Trinajstić information content (AvgIpc) is 3.40. The van der Waals surface area contributed by atoms with E-state index >= 15 is 0 Å². The number of hydrogen-bond donors (Lipinski definition) is 2. The molecule has 1 aromatic carbocycles. The Labute approximate surface area is 166 Å². The molecule has 0 spiro atoms. The summed E-state index contributed by atoms with van der Waals surface area (Å²) in [7, 11) is 0. The van der Waals surface area contributed by atoms with Crippen LogP contribution in [0.25, 0.3) is 11.0 Å². The summed E-state index contributed by atoms with van der Waals surface area (Å²) in [4.78, 5) is 38.8. The van der Waals surface area contributed by atoms with Crippen LogP contribution in [0.1, 0.15) is 39.5 Å². The number of rotatable bonds is 3. The van der Waals surface area contributed by atoms with E-state index in [0.29, 0.717) is 37.3 Å². The van der Waals surface area contributed by atoms with Crippen LogP contribution < -0.4 is 10.9 Å². The first-order valence-electron chi connectivity index (χ1n) is 9.45. The van der Waals surface area contributed by atoms with Crippen molar-refractivity contribution in [2.45, 2.75) is 19.8 Å². The maximum absolute atomic E-state index is 12.4. The second-order valence-electron chi connectivity index (χ2n) is 7.04. The lowest BCUT2D eigenvalue weighted by Crippen LogP contribution is -2.48. The monoisotopic (exact) mass is 395 g/mol. The van der Waals surface area contributed by atoms with Gasteiger partial charge in [0.1, 0.15) is 5.58 Å². The van der Waals surface area contributed by atoms with Crippen LogP contribution in [0.2, 0.25) is 0 Å². The van der Waals surface area contributed by atoms with E-state index in [-0.39, 0.29) is 23.5 Å². The van der Waals surface area contributed by atoms with Crippen LogP contribution in [-0.2, 0) is 4.79 Å². The quantitative estimate of drug-likeness (QED) is 0.664. The molecular formula is C21H21N3O5. The first-order valence-corrected chi connectivity index (χ1v) is 9.45. The molecule has 0 radical (unpaired) electrons. The van der Waals surface area contributed by atoms with Crippen molar-refractivity contribution in [1.29, 1.82) is 0 Å². The highest BCUT2D eigenvalue weighted by Gasteiger charge is 2.29. The molecule has 1 fully saturated rings. The molecule has 2 N–H and O–H groups in total. The number of likely N-dealkylation sites (tertiary alicyclic amines) is 1. The van der Waals surface area contributed by atoms with Crippen LogP contribution in [0.15, 0.2) is 51.5 Å². The summed E-state index contributed by atoms with van der Waals surface area (Å²) in [6.45, 7) is 2.71. The molecule has 8 heteroatoms. The van der Waals surface area contributed by atoms with E-state index in [0.717, 1.165) is 10.9 Å². The number of nitrogens with zero attached hydrogens (tertiary/aromatic N) is 1. The van der Waals surface area contributed by atoms with Crippen LogP contribution in [0.3, 0.4) is 0 Å². The van der Waals surface area contributed by atoms with Gasteiger partial charge in [-0.2, -0.15) is 0 Å². The molecule has 0 aliphatic carbocycles. The van der Waals surface area contributed by atoms with Gasteiger partial charge >= 0.3 is 5.91 Å². The lowest BCUT2D eigenvalue weighted by molar-refractivity contribution is -0.127. The van der Waals surface area contributed by atoms with Crippen LogP contribution >= 0.6 is 0 Å². The first-order chi connectivity index (χ1) is 14.0. The number of aryl methyl sites for hydroxylation is 1. The minimum atomic E-state index is -0.502. The van der Waals surface area contributed by atoms with Gasteiger partial charge in [0.05, 0.1) is 6.26 Å². The van der Waals surface area contributed by atoms with Crippen molar-refractivity contribution in [3.8, 4) is 0 Å². The normalized spacial score (nSPS) is 14.7. The van der Waals surface area contributed by atoms with Gasteiger partial charge in [0.15, 0.2) is 11.5 Å². The number of benzene rings is 1. The summed E-state index contributed by atoms with van der Waals surface area (Å²) in [6, 6.07) is 10.7. The van der Waals surface area contributed by atoms with Gasteiger partial charge in [-0.15, -0.1) is 0 Å². The predicted molar refractivity (Wildman–Crippen MR) is 104 cm³/mol. The van der Waals surface area contributed by atoms with E-state index in [2.05, 4.69) is 10.9 Å². The number of hydrazine groups is 1.